The lowest BCUT2D eigenvalue weighted by Gasteiger charge is -2.10. The Morgan fingerprint density at radius 3 is 1.80 bits per heavy atom. The monoisotopic (exact) mass is 266 g/mol. The first-order valence-corrected chi connectivity index (χ1v) is 6.35. The van der Waals surface area contributed by atoms with Gasteiger partial charge in [0.15, 0.2) is 0 Å². The molecule has 0 spiro atoms. The van der Waals surface area contributed by atoms with Crippen LogP contribution in [0.5, 0.6) is 0 Å². The second-order valence-corrected chi connectivity index (χ2v) is 4.56. The van der Waals surface area contributed by atoms with Gasteiger partial charge in [0.05, 0.1) is 0 Å². The topological polar surface area (TPSA) is 0 Å². The highest BCUT2D eigenvalue weighted by Crippen LogP contribution is 2.32. The summed E-state index contributed by atoms with van der Waals surface area (Å²) < 4.78 is 26.6. The molecule has 0 fully saturated rings. The second kappa shape index (κ2) is 5.25. The van der Waals surface area contributed by atoms with E-state index < -0.39 is 0 Å². The lowest BCUT2D eigenvalue weighted by Crippen LogP contribution is -1.87. The molecule has 3 aromatic rings. The molecule has 0 aliphatic heterocycles. The Hall–Kier alpha value is -2.48. The number of hydrogen-bond donors (Lipinski definition) is 0. The summed E-state index contributed by atoms with van der Waals surface area (Å²) in [5.41, 5.74) is 3.49. The van der Waals surface area contributed by atoms with Crippen molar-refractivity contribution in [1.82, 2.24) is 0 Å². The van der Waals surface area contributed by atoms with Crippen LogP contribution in [0.4, 0.5) is 8.78 Å². The summed E-state index contributed by atoms with van der Waals surface area (Å²) in [5, 5.41) is 0. The van der Waals surface area contributed by atoms with Crippen LogP contribution in [0.2, 0.25) is 0 Å². The summed E-state index contributed by atoms with van der Waals surface area (Å²) in [6.07, 6.45) is 0. The Kier molecular flexibility index (Phi) is 3.30. The van der Waals surface area contributed by atoms with Gasteiger partial charge in [0.2, 0.25) is 0 Å². The molecule has 0 radical (unpaired) electrons. The molecule has 20 heavy (non-hydrogen) atoms. The van der Waals surface area contributed by atoms with Gasteiger partial charge in [-0.25, -0.2) is 8.78 Å². The lowest BCUT2D eigenvalue weighted by molar-refractivity contribution is 0.627. The van der Waals surface area contributed by atoms with Gasteiger partial charge in [-0.3, -0.25) is 0 Å². The highest BCUT2D eigenvalue weighted by Gasteiger charge is 2.08. The largest absolute Gasteiger partial charge is 0.207 e. The highest BCUT2D eigenvalue weighted by molar-refractivity contribution is 5.83. The molecule has 0 aliphatic carbocycles. The lowest BCUT2D eigenvalue weighted by atomic mass is 9.94. The van der Waals surface area contributed by atoms with Crippen molar-refractivity contribution in [2.45, 2.75) is 0 Å². The van der Waals surface area contributed by atoms with Crippen LogP contribution in [0.3, 0.4) is 0 Å². The maximum atomic E-state index is 13.6. The van der Waals surface area contributed by atoms with Crippen LogP contribution < -0.4 is 0 Å². The van der Waals surface area contributed by atoms with E-state index in [-0.39, 0.29) is 11.6 Å². The quantitative estimate of drug-likeness (QED) is 0.590. The third kappa shape index (κ3) is 2.45. The Balaban J connectivity index is 2.19. The molecule has 0 saturated carbocycles. The van der Waals surface area contributed by atoms with Crippen molar-refractivity contribution in [3.63, 3.8) is 0 Å². The van der Waals surface area contributed by atoms with E-state index in [0.717, 1.165) is 22.3 Å². The zero-order valence-electron chi connectivity index (χ0n) is 10.7. The molecule has 0 aromatic heterocycles. The summed E-state index contributed by atoms with van der Waals surface area (Å²) in [4.78, 5) is 0. The van der Waals surface area contributed by atoms with Crippen molar-refractivity contribution >= 4 is 0 Å². The Morgan fingerprint density at radius 1 is 0.500 bits per heavy atom. The molecule has 2 heteroatoms. The summed E-state index contributed by atoms with van der Waals surface area (Å²) >= 11 is 0. The number of halogens is 2. The van der Waals surface area contributed by atoms with Gasteiger partial charge in [-0.1, -0.05) is 48.5 Å². The third-order valence-corrected chi connectivity index (χ3v) is 3.22. The molecular weight excluding hydrogens is 254 g/mol. The van der Waals surface area contributed by atoms with Gasteiger partial charge in [0, 0.05) is 0 Å². The fourth-order valence-corrected chi connectivity index (χ4v) is 2.25. The van der Waals surface area contributed by atoms with Gasteiger partial charge < -0.3 is 0 Å². The van der Waals surface area contributed by atoms with Crippen LogP contribution in [0.1, 0.15) is 0 Å². The number of rotatable bonds is 2. The van der Waals surface area contributed by atoms with Gasteiger partial charge in [-0.15, -0.1) is 0 Å². The molecule has 0 atom stereocenters. The van der Waals surface area contributed by atoms with Crippen LogP contribution in [0, 0.1) is 11.6 Å². The zero-order chi connectivity index (χ0) is 13.9. The SMILES string of the molecule is Fc1ccc(-c2ccc(F)cc2-c2ccccc2)cc1. The molecular formula is C18H12F2. The van der Waals surface area contributed by atoms with E-state index >= 15 is 0 Å². The molecule has 0 nitrogen and oxygen atoms in total. The average Bonchev–Trinajstić information content (AvgIpc) is 2.49. The first kappa shape index (κ1) is 12.5. The molecule has 0 amide bonds. The molecule has 0 bridgehead atoms. The minimum atomic E-state index is -0.283. The van der Waals surface area contributed by atoms with Gasteiger partial charge in [-0.05, 0) is 46.5 Å². The average molecular weight is 266 g/mol. The van der Waals surface area contributed by atoms with E-state index in [4.69, 9.17) is 0 Å². The summed E-state index contributed by atoms with van der Waals surface area (Å²) in [6.45, 7) is 0. The maximum absolute atomic E-state index is 13.6. The second-order valence-electron chi connectivity index (χ2n) is 4.56. The van der Waals surface area contributed by atoms with Gasteiger partial charge in [-0.2, -0.15) is 0 Å². The van der Waals surface area contributed by atoms with Crippen molar-refractivity contribution < 1.29 is 8.78 Å². The van der Waals surface area contributed by atoms with Crippen LogP contribution in [0.15, 0.2) is 72.8 Å². The minimum Gasteiger partial charge on any atom is -0.207 e. The molecule has 3 rings (SSSR count). The molecule has 0 aliphatic rings. The predicted octanol–water partition coefficient (Wildman–Crippen LogP) is 5.30. The first-order chi connectivity index (χ1) is 9.74. The van der Waals surface area contributed by atoms with Crippen LogP contribution in [0.25, 0.3) is 22.3 Å². The Bertz CT molecular complexity index is 716. The fraction of sp³-hybridized carbons (Fsp3) is 0. The van der Waals surface area contributed by atoms with Crippen molar-refractivity contribution in [2.24, 2.45) is 0 Å². The normalized spacial score (nSPS) is 10.5. The van der Waals surface area contributed by atoms with Crippen molar-refractivity contribution in [2.75, 3.05) is 0 Å². The summed E-state index contributed by atoms with van der Waals surface area (Å²) in [5.74, 6) is -0.563. The zero-order valence-corrected chi connectivity index (χ0v) is 10.7. The molecule has 98 valence electrons. The third-order valence-electron chi connectivity index (χ3n) is 3.22. The van der Waals surface area contributed by atoms with Gasteiger partial charge in [0.25, 0.3) is 0 Å². The fourth-order valence-electron chi connectivity index (χ4n) is 2.25. The minimum absolute atomic E-state index is 0.280. The van der Waals surface area contributed by atoms with E-state index in [9.17, 15) is 8.78 Å². The van der Waals surface area contributed by atoms with Crippen LogP contribution in [-0.2, 0) is 0 Å². The number of benzene rings is 3. The van der Waals surface area contributed by atoms with Crippen LogP contribution in [-0.4, -0.2) is 0 Å². The smallest absolute Gasteiger partial charge is 0.123 e. The standard InChI is InChI=1S/C18H12F2/c19-15-8-6-14(7-9-15)17-11-10-16(20)12-18(17)13-4-2-1-3-5-13/h1-12H. The Labute approximate surface area is 116 Å². The molecule has 3 aromatic carbocycles. The van der Waals surface area contributed by atoms with Crippen LogP contribution >= 0.6 is 0 Å². The first-order valence-electron chi connectivity index (χ1n) is 6.35. The van der Waals surface area contributed by atoms with E-state index in [1.54, 1.807) is 18.2 Å². The van der Waals surface area contributed by atoms with Crippen molar-refractivity contribution in [3.05, 3.63) is 84.4 Å². The van der Waals surface area contributed by atoms with Crippen molar-refractivity contribution in [1.29, 1.82) is 0 Å². The van der Waals surface area contributed by atoms with E-state index in [1.807, 2.05) is 30.3 Å². The Morgan fingerprint density at radius 2 is 1.10 bits per heavy atom. The van der Waals surface area contributed by atoms with Gasteiger partial charge in [0.1, 0.15) is 11.6 Å². The molecule has 0 heterocycles. The van der Waals surface area contributed by atoms with Crippen molar-refractivity contribution in [3.8, 4) is 22.3 Å². The van der Waals surface area contributed by atoms with E-state index in [1.165, 1.54) is 24.3 Å². The van der Waals surface area contributed by atoms with E-state index in [0.29, 0.717) is 0 Å². The van der Waals surface area contributed by atoms with E-state index in [2.05, 4.69) is 0 Å². The molecule has 0 unspecified atom stereocenters. The van der Waals surface area contributed by atoms with Gasteiger partial charge >= 0.3 is 0 Å². The highest BCUT2D eigenvalue weighted by atomic mass is 19.1. The summed E-state index contributed by atoms with van der Waals surface area (Å²) in [7, 11) is 0. The maximum Gasteiger partial charge on any atom is 0.123 e. The molecule has 0 saturated heterocycles. The number of hydrogen-bond acceptors (Lipinski definition) is 0. The molecule has 0 N–H and O–H groups in total. The predicted molar refractivity (Wildman–Crippen MR) is 77.2 cm³/mol. The summed E-state index contributed by atoms with van der Waals surface area (Å²) in [6, 6.07) is 20.5.